The van der Waals surface area contributed by atoms with Gasteiger partial charge in [-0.05, 0) is 12.8 Å². The lowest BCUT2D eigenvalue weighted by Gasteiger charge is -2.05. The van der Waals surface area contributed by atoms with E-state index in [1.54, 1.807) is 0 Å². The van der Waals surface area contributed by atoms with Crippen molar-refractivity contribution in [1.82, 2.24) is 0 Å². The van der Waals surface area contributed by atoms with Gasteiger partial charge >= 0.3 is 5.97 Å². The van der Waals surface area contributed by atoms with Crippen molar-refractivity contribution in [2.75, 3.05) is 6.61 Å². The van der Waals surface area contributed by atoms with E-state index >= 15 is 0 Å². The number of carbonyl (C=O) groups is 2. The summed E-state index contributed by atoms with van der Waals surface area (Å²) in [6.45, 7) is 6.14. The van der Waals surface area contributed by atoms with E-state index in [4.69, 9.17) is 14.6 Å². The molecule has 0 aliphatic heterocycles. The highest BCUT2D eigenvalue weighted by molar-refractivity contribution is 5.69. The maximum absolute atomic E-state index is 11.4. The van der Waals surface area contributed by atoms with Crippen LogP contribution in [-0.2, 0) is 14.3 Å². The van der Waals surface area contributed by atoms with Gasteiger partial charge in [-0.1, -0.05) is 110 Å². The third kappa shape index (κ3) is 32.6. The monoisotopic (exact) mass is 400 g/mol. The highest BCUT2D eigenvalue weighted by Crippen LogP contribution is 2.13. The van der Waals surface area contributed by atoms with E-state index in [1.165, 1.54) is 83.5 Å². The summed E-state index contributed by atoms with van der Waals surface area (Å²) < 4.78 is 5.26. The van der Waals surface area contributed by atoms with Crippen LogP contribution in [0.4, 0.5) is 0 Å². The van der Waals surface area contributed by atoms with Gasteiger partial charge in [0, 0.05) is 13.3 Å². The van der Waals surface area contributed by atoms with Gasteiger partial charge < -0.3 is 9.84 Å². The van der Waals surface area contributed by atoms with Crippen molar-refractivity contribution in [2.45, 2.75) is 136 Å². The number of hydrogen-bond acceptors (Lipinski definition) is 3. The topological polar surface area (TPSA) is 63.6 Å². The van der Waals surface area contributed by atoms with Crippen LogP contribution in [-0.4, -0.2) is 23.7 Å². The van der Waals surface area contributed by atoms with Crippen molar-refractivity contribution in [2.24, 2.45) is 0 Å². The molecule has 0 spiro atoms. The summed E-state index contributed by atoms with van der Waals surface area (Å²) >= 11 is 0. The second-order valence-electron chi connectivity index (χ2n) is 7.79. The third-order valence-electron chi connectivity index (χ3n) is 4.75. The summed E-state index contributed by atoms with van der Waals surface area (Å²) in [7, 11) is 0. The largest absolute Gasteiger partial charge is 0.481 e. The highest BCUT2D eigenvalue weighted by atomic mass is 16.5. The molecule has 0 unspecified atom stereocenters. The Hall–Kier alpha value is -1.06. The van der Waals surface area contributed by atoms with Gasteiger partial charge in [-0.15, -0.1) is 0 Å². The van der Waals surface area contributed by atoms with Crippen LogP contribution < -0.4 is 0 Å². The maximum Gasteiger partial charge on any atom is 0.305 e. The van der Waals surface area contributed by atoms with E-state index in [1.807, 2.05) is 0 Å². The lowest BCUT2D eigenvalue weighted by molar-refractivity contribution is -0.144. The lowest BCUT2D eigenvalue weighted by atomic mass is 10.0. The average Bonchev–Trinajstić information content (AvgIpc) is 2.64. The summed E-state index contributed by atoms with van der Waals surface area (Å²) in [4.78, 5) is 20.4. The van der Waals surface area contributed by atoms with Crippen LogP contribution in [0.1, 0.15) is 136 Å². The fraction of sp³-hybridized carbons (Fsp3) is 0.917. The zero-order chi connectivity index (χ0) is 21.3. The smallest absolute Gasteiger partial charge is 0.305 e. The molecule has 0 saturated heterocycles. The quantitative estimate of drug-likeness (QED) is 0.178. The van der Waals surface area contributed by atoms with Crippen LogP contribution in [0.2, 0.25) is 0 Å². The van der Waals surface area contributed by atoms with Crippen molar-refractivity contribution >= 4 is 11.9 Å². The van der Waals surface area contributed by atoms with Crippen molar-refractivity contribution in [1.29, 1.82) is 0 Å². The molecule has 0 aliphatic carbocycles. The molecule has 0 saturated carbocycles. The SMILES string of the molecule is CC(=O)O.CCCCCCCCCCCCCCCCOC(=O)CCCCC. The number of carboxylic acids is 1. The number of ether oxygens (including phenoxy) is 1. The molecule has 0 heterocycles. The molecule has 0 fully saturated rings. The van der Waals surface area contributed by atoms with E-state index in [2.05, 4.69) is 13.8 Å². The van der Waals surface area contributed by atoms with Gasteiger partial charge in [-0.2, -0.15) is 0 Å². The first-order valence-corrected chi connectivity index (χ1v) is 11.9. The molecule has 0 aromatic carbocycles. The molecule has 1 N–H and O–H groups in total. The Morgan fingerprint density at radius 1 is 0.607 bits per heavy atom. The molecule has 0 radical (unpaired) electrons. The first kappa shape index (κ1) is 29.1. The normalized spacial score (nSPS) is 10.2. The van der Waals surface area contributed by atoms with Crippen molar-refractivity contribution in [3.8, 4) is 0 Å². The first-order chi connectivity index (χ1) is 13.5. The third-order valence-corrected chi connectivity index (χ3v) is 4.75. The summed E-state index contributed by atoms with van der Waals surface area (Å²) in [6, 6.07) is 0. The Balaban J connectivity index is 0. The number of unbranched alkanes of at least 4 members (excludes halogenated alkanes) is 15. The fourth-order valence-corrected chi connectivity index (χ4v) is 3.07. The van der Waals surface area contributed by atoms with E-state index in [9.17, 15) is 4.79 Å². The van der Waals surface area contributed by atoms with Crippen LogP contribution in [0.5, 0.6) is 0 Å². The van der Waals surface area contributed by atoms with Gasteiger partial charge in [-0.25, -0.2) is 0 Å². The van der Waals surface area contributed by atoms with E-state index < -0.39 is 5.97 Å². The molecule has 168 valence electrons. The predicted octanol–water partition coefficient (Wildman–Crippen LogP) is 7.68. The number of hydrogen-bond donors (Lipinski definition) is 1. The highest BCUT2D eigenvalue weighted by Gasteiger charge is 2.01. The Morgan fingerprint density at radius 2 is 0.929 bits per heavy atom. The molecular formula is C24H48O4. The number of carboxylic acid groups (broad SMARTS) is 1. The summed E-state index contributed by atoms with van der Waals surface area (Å²) in [5.74, 6) is -0.835. The fourth-order valence-electron chi connectivity index (χ4n) is 3.07. The van der Waals surface area contributed by atoms with Crippen LogP contribution in [0.15, 0.2) is 0 Å². The van der Waals surface area contributed by atoms with Crippen molar-refractivity contribution < 1.29 is 19.4 Å². The summed E-state index contributed by atoms with van der Waals surface area (Å²) in [5, 5.41) is 7.42. The Bertz CT molecular complexity index is 325. The zero-order valence-corrected chi connectivity index (χ0v) is 19.1. The molecule has 0 atom stereocenters. The molecule has 4 nitrogen and oxygen atoms in total. The molecule has 0 aromatic heterocycles. The molecule has 4 heteroatoms. The molecular weight excluding hydrogens is 352 g/mol. The van der Waals surface area contributed by atoms with Gasteiger partial charge in [0.15, 0.2) is 0 Å². The van der Waals surface area contributed by atoms with Gasteiger partial charge in [0.25, 0.3) is 5.97 Å². The molecule has 0 rings (SSSR count). The van der Waals surface area contributed by atoms with Gasteiger partial charge in [0.1, 0.15) is 0 Å². The van der Waals surface area contributed by atoms with Crippen molar-refractivity contribution in [3.05, 3.63) is 0 Å². The molecule has 0 aromatic rings. The number of aliphatic carboxylic acids is 1. The van der Waals surface area contributed by atoms with Crippen LogP contribution >= 0.6 is 0 Å². The number of rotatable bonds is 19. The summed E-state index contributed by atoms with van der Waals surface area (Å²) in [5.41, 5.74) is 0. The van der Waals surface area contributed by atoms with Gasteiger partial charge in [0.2, 0.25) is 0 Å². The average molecular weight is 401 g/mol. The Labute approximate surface area is 174 Å². The van der Waals surface area contributed by atoms with Crippen LogP contribution in [0.25, 0.3) is 0 Å². The first-order valence-electron chi connectivity index (χ1n) is 11.9. The van der Waals surface area contributed by atoms with Crippen LogP contribution in [0.3, 0.4) is 0 Å². The Kier molecular flexibility index (Phi) is 27.0. The second kappa shape index (κ2) is 25.9. The summed E-state index contributed by atoms with van der Waals surface area (Å²) in [6.07, 6.45) is 22.9. The lowest BCUT2D eigenvalue weighted by Crippen LogP contribution is -2.05. The van der Waals surface area contributed by atoms with Gasteiger partial charge in [0.05, 0.1) is 6.61 Å². The van der Waals surface area contributed by atoms with E-state index in [0.717, 1.165) is 32.6 Å². The van der Waals surface area contributed by atoms with E-state index in [-0.39, 0.29) is 5.97 Å². The minimum Gasteiger partial charge on any atom is -0.481 e. The number of esters is 1. The number of carbonyl (C=O) groups excluding carboxylic acids is 1. The second-order valence-corrected chi connectivity index (χ2v) is 7.79. The molecule has 28 heavy (non-hydrogen) atoms. The van der Waals surface area contributed by atoms with Crippen molar-refractivity contribution in [3.63, 3.8) is 0 Å². The van der Waals surface area contributed by atoms with E-state index in [0.29, 0.717) is 13.0 Å². The molecule has 0 bridgehead atoms. The zero-order valence-electron chi connectivity index (χ0n) is 19.1. The minimum atomic E-state index is -0.833. The van der Waals surface area contributed by atoms with Gasteiger partial charge in [-0.3, -0.25) is 9.59 Å². The standard InChI is InChI=1S/C22H44O2.C2H4O2/c1-3-5-7-8-9-10-11-12-13-14-15-16-17-19-21-24-22(23)20-18-6-4-2;1-2(3)4/h3-21H2,1-2H3;1H3,(H,3,4). The van der Waals surface area contributed by atoms with Crippen LogP contribution in [0, 0.1) is 0 Å². The maximum atomic E-state index is 11.4. The predicted molar refractivity (Wildman–Crippen MR) is 119 cm³/mol. The molecule has 0 aliphatic rings. The minimum absolute atomic E-state index is 0.00172. The molecule has 0 amide bonds. The Morgan fingerprint density at radius 3 is 1.32 bits per heavy atom.